The van der Waals surface area contributed by atoms with E-state index in [0.29, 0.717) is 18.7 Å². The van der Waals surface area contributed by atoms with E-state index >= 15 is 0 Å². The lowest BCUT2D eigenvalue weighted by molar-refractivity contribution is 0.0950. The summed E-state index contributed by atoms with van der Waals surface area (Å²) < 4.78 is 5.92. The maximum absolute atomic E-state index is 12.0. The predicted molar refractivity (Wildman–Crippen MR) is 107 cm³/mol. The highest BCUT2D eigenvalue weighted by molar-refractivity contribution is 5.94. The Morgan fingerprint density at radius 3 is 2.67 bits per heavy atom. The fourth-order valence-corrected chi connectivity index (χ4v) is 2.86. The van der Waals surface area contributed by atoms with Crippen LogP contribution in [0, 0.1) is 0 Å². The summed E-state index contributed by atoms with van der Waals surface area (Å²) in [5, 5.41) is 6.37. The standard InChI is InChI=1S/C22H25N3O2/c1-22(2)16-18(15-20(25-22)19-11-6-7-12-23-19)27-14-8-13-24-21(26)17-9-4-3-5-10-17/h3-7,9-12,15-16,25H,8,13-14H2,1-2H3,(H,24,26). The van der Waals surface area contributed by atoms with Crippen molar-refractivity contribution in [2.24, 2.45) is 0 Å². The van der Waals surface area contributed by atoms with Gasteiger partial charge in [0, 0.05) is 24.4 Å². The molecular formula is C22H25N3O2. The Morgan fingerprint density at radius 2 is 1.93 bits per heavy atom. The summed E-state index contributed by atoms with van der Waals surface area (Å²) in [6, 6.07) is 15.0. The molecule has 5 nitrogen and oxygen atoms in total. The number of ether oxygens (including phenoxy) is 1. The van der Waals surface area contributed by atoms with Gasteiger partial charge in [-0.25, -0.2) is 0 Å². The summed E-state index contributed by atoms with van der Waals surface area (Å²) >= 11 is 0. The van der Waals surface area contributed by atoms with E-state index < -0.39 is 0 Å². The molecule has 0 unspecified atom stereocenters. The van der Waals surface area contributed by atoms with E-state index in [4.69, 9.17) is 4.74 Å². The van der Waals surface area contributed by atoms with E-state index in [0.717, 1.165) is 23.6 Å². The first kappa shape index (κ1) is 18.7. The number of amides is 1. The van der Waals surface area contributed by atoms with Crippen LogP contribution in [0.4, 0.5) is 0 Å². The number of hydrogen-bond acceptors (Lipinski definition) is 4. The van der Waals surface area contributed by atoms with Crippen LogP contribution in [-0.4, -0.2) is 29.6 Å². The third-order valence-corrected chi connectivity index (χ3v) is 4.10. The van der Waals surface area contributed by atoms with Gasteiger partial charge in [0.25, 0.3) is 5.91 Å². The van der Waals surface area contributed by atoms with Crippen molar-refractivity contribution in [2.75, 3.05) is 13.2 Å². The minimum Gasteiger partial charge on any atom is -0.494 e. The number of carbonyl (C=O) groups is 1. The van der Waals surface area contributed by atoms with Crippen LogP contribution in [0.1, 0.15) is 36.3 Å². The first-order chi connectivity index (χ1) is 13.0. The van der Waals surface area contributed by atoms with Crippen LogP contribution < -0.4 is 10.6 Å². The molecule has 0 bridgehead atoms. The molecule has 1 aromatic carbocycles. The zero-order valence-electron chi connectivity index (χ0n) is 15.7. The van der Waals surface area contributed by atoms with Crippen molar-refractivity contribution < 1.29 is 9.53 Å². The lowest BCUT2D eigenvalue weighted by Crippen LogP contribution is -2.38. The monoisotopic (exact) mass is 363 g/mol. The van der Waals surface area contributed by atoms with Gasteiger partial charge in [-0.15, -0.1) is 0 Å². The number of allylic oxidation sites excluding steroid dienone is 1. The second-order valence-electron chi connectivity index (χ2n) is 6.99. The SMILES string of the molecule is CC1(C)C=C(OCCCNC(=O)c2ccccc2)C=C(c2ccccn2)N1. The summed E-state index contributed by atoms with van der Waals surface area (Å²) in [5.41, 5.74) is 2.27. The average Bonchev–Trinajstić information content (AvgIpc) is 2.68. The second kappa shape index (κ2) is 8.54. The Labute approximate surface area is 160 Å². The van der Waals surface area contributed by atoms with Gasteiger partial charge < -0.3 is 15.4 Å². The smallest absolute Gasteiger partial charge is 0.251 e. The van der Waals surface area contributed by atoms with Crippen molar-refractivity contribution >= 4 is 11.6 Å². The maximum atomic E-state index is 12.0. The Hall–Kier alpha value is -3.08. The van der Waals surface area contributed by atoms with Crippen LogP contribution in [0.25, 0.3) is 5.70 Å². The Kier molecular flexibility index (Phi) is 5.91. The number of carbonyl (C=O) groups excluding carboxylic acids is 1. The number of rotatable bonds is 7. The van der Waals surface area contributed by atoms with Gasteiger partial charge in [0.05, 0.1) is 23.5 Å². The summed E-state index contributed by atoms with van der Waals surface area (Å²) in [7, 11) is 0. The molecule has 0 saturated carbocycles. The number of dihydropyridines is 1. The number of pyridine rings is 1. The Balaban J connectivity index is 1.50. The lowest BCUT2D eigenvalue weighted by Gasteiger charge is -2.30. The largest absolute Gasteiger partial charge is 0.494 e. The molecule has 0 saturated heterocycles. The summed E-state index contributed by atoms with van der Waals surface area (Å²) in [6.45, 7) is 5.28. The zero-order valence-corrected chi connectivity index (χ0v) is 15.7. The number of benzene rings is 1. The summed E-state index contributed by atoms with van der Waals surface area (Å²) in [6.07, 6.45) is 6.54. The van der Waals surface area contributed by atoms with E-state index in [1.807, 2.05) is 42.5 Å². The molecule has 2 heterocycles. The molecule has 0 radical (unpaired) electrons. The fraction of sp³-hybridized carbons (Fsp3) is 0.273. The topological polar surface area (TPSA) is 63.2 Å². The summed E-state index contributed by atoms with van der Waals surface area (Å²) in [4.78, 5) is 16.4. The highest BCUT2D eigenvalue weighted by atomic mass is 16.5. The normalized spacial score (nSPS) is 15.2. The molecule has 0 aliphatic carbocycles. The summed E-state index contributed by atoms with van der Waals surface area (Å²) in [5.74, 6) is 0.754. The molecule has 1 aliphatic heterocycles. The van der Waals surface area contributed by atoms with E-state index in [-0.39, 0.29) is 11.4 Å². The van der Waals surface area contributed by atoms with Crippen molar-refractivity contribution in [3.05, 3.63) is 83.9 Å². The van der Waals surface area contributed by atoms with Crippen LogP contribution in [0.2, 0.25) is 0 Å². The van der Waals surface area contributed by atoms with Crippen LogP contribution >= 0.6 is 0 Å². The number of nitrogens with one attached hydrogen (secondary N) is 2. The maximum Gasteiger partial charge on any atom is 0.251 e. The van der Waals surface area contributed by atoms with E-state index in [1.54, 1.807) is 18.3 Å². The predicted octanol–water partition coefficient (Wildman–Crippen LogP) is 3.52. The molecule has 140 valence electrons. The van der Waals surface area contributed by atoms with Gasteiger partial charge in [0.2, 0.25) is 0 Å². The van der Waals surface area contributed by atoms with Crippen LogP contribution in [-0.2, 0) is 4.74 Å². The molecule has 2 aromatic rings. The van der Waals surface area contributed by atoms with Gasteiger partial charge >= 0.3 is 0 Å². The zero-order chi connectivity index (χ0) is 19.1. The first-order valence-corrected chi connectivity index (χ1v) is 9.14. The lowest BCUT2D eigenvalue weighted by atomic mass is 9.99. The quantitative estimate of drug-likeness (QED) is 0.739. The molecule has 1 amide bonds. The Bertz CT molecular complexity index is 827. The van der Waals surface area contributed by atoms with Crippen molar-refractivity contribution in [3.63, 3.8) is 0 Å². The minimum absolute atomic E-state index is 0.0600. The minimum atomic E-state index is -0.224. The third kappa shape index (κ3) is 5.45. The second-order valence-corrected chi connectivity index (χ2v) is 6.99. The number of hydrogen-bond donors (Lipinski definition) is 2. The molecule has 1 aliphatic rings. The molecule has 3 rings (SSSR count). The highest BCUT2D eigenvalue weighted by Gasteiger charge is 2.23. The van der Waals surface area contributed by atoms with E-state index in [9.17, 15) is 4.79 Å². The molecule has 27 heavy (non-hydrogen) atoms. The van der Waals surface area contributed by atoms with Crippen LogP contribution in [0.15, 0.2) is 72.6 Å². The van der Waals surface area contributed by atoms with Gasteiger partial charge in [0.15, 0.2) is 0 Å². The van der Waals surface area contributed by atoms with Crippen molar-refractivity contribution in [1.82, 2.24) is 15.6 Å². The molecule has 0 atom stereocenters. The molecule has 2 N–H and O–H groups in total. The van der Waals surface area contributed by atoms with Gasteiger partial charge in [-0.2, -0.15) is 0 Å². The molecule has 0 fully saturated rings. The fourth-order valence-electron chi connectivity index (χ4n) is 2.86. The van der Waals surface area contributed by atoms with Crippen molar-refractivity contribution in [2.45, 2.75) is 25.8 Å². The number of aromatic nitrogens is 1. The van der Waals surface area contributed by atoms with Crippen LogP contribution in [0.3, 0.4) is 0 Å². The van der Waals surface area contributed by atoms with Gasteiger partial charge in [0.1, 0.15) is 5.76 Å². The van der Waals surface area contributed by atoms with Gasteiger partial charge in [-0.1, -0.05) is 24.3 Å². The molecule has 1 aromatic heterocycles. The molecule has 0 spiro atoms. The third-order valence-electron chi connectivity index (χ3n) is 4.10. The first-order valence-electron chi connectivity index (χ1n) is 9.14. The van der Waals surface area contributed by atoms with Gasteiger partial charge in [-0.3, -0.25) is 9.78 Å². The van der Waals surface area contributed by atoms with E-state index in [2.05, 4.69) is 35.5 Å². The van der Waals surface area contributed by atoms with Gasteiger partial charge in [-0.05, 0) is 50.6 Å². The van der Waals surface area contributed by atoms with Crippen molar-refractivity contribution in [1.29, 1.82) is 0 Å². The Morgan fingerprint density at radius 1 is 1.15 bits per heavy atom. The average molecular weight is 363 g/mol. The number of nitrogens with zero attached hydrogens (tertiary/aromatic N) is 1. The van der Waals surface area contributed by atoms with E-state index in [1.165, 1.54) is 0 Å². The molecular weight excluding hydrogens is 338 g/mol. The molecule has 5 heteroatoms. The van der Waals surface area contributed by atoms with Crippen LogP contribution in [0.5, 0.6) is 0 Å². The highest BCUT2D eigenvalue weighted by Crippen LogP contribution is 2.24. The van der Waals surface area contributed by atoms with Crippen molar-refractivity contribution in [3.8, 4) is 0 Å².